The van der Waals surface area contributed by atoms with Gasteiger partial charge in [-0.2, -0.15) is 8.42 Å². The minimum atomic E-state index is -4.02. The van der Waals surface area contributed by atoms with Crippen LogP contribution in [0.1, 0.15) is 46.1 Å². The summed E-state index contributed by atoms with van der Waals surface area (Å²) in [4.78, 5) is -0.0666. The lowest BCUT2D eigenvalue weighted by Crippen LogP contribution is -2.35. The van der Waals surface area contributed by atoms with E-state index in [1.54, 1.807) is 12.1 Å². The zero-order valence-corrected chi connectivity index (χ0v) is 16.9. The van der Waals surface area contributed by atoms with Crippen molar-refractivity contribution in [2.75, 3.05) is 6.61 Å². The summed E-state index contributed by atoms with van der Waals surface area (Å²) in [5.74, 6) is 0. The van der Waals surface area contributed by atoms with Crippen molar-refractivity contribution in [1.29, 1.82) is 0 Å². The average Bonchev–Trinajstić information content (AvgIpc) is 2.52. The van der Waals surface area contributed by atoms with E-state index in [0.717, 1.165) is 12.2 Å². The maximum atomic E-state index is 10.5. The number of hydrogen-bond acceptors (Lipinski definition) is 3. The van der Waals surface area contributed by atoms with Crippen LogP contribution in [0.3, 0.4) is 0 Å². The molecular formula is C17H32O4SSi. The molecule has 0 fully saturated rings. The van der Waals surface area contributed by atoms with E-state index >= 15 is 0 Å². The van der Waals surface area contributed by atoms with E-state index in [1.807, 2.05) is 6.92 Å². The average molecular weight is 361 g/mol. The molecule has 1 rings (SSSR count). The summed E-state index contributed by atoms with van der Waals surface area (Å²) in [5, 5.41) is 0. The van der Waals surface area contributed by atoms with Gasteiger partial charge >= 0.3 is 0 Å². The van der Waals surface area contributed by atoms with Gasteiger partial charge in [-0.3, -0.25) is 4.55 Å². The van der Waals surface area contributed by atoms with E-state index < -0.39 is 18.4 Å². The Labute approximate surface area is 143 Å². The molecule has 6 heteroatoms. The third kappa shape index (κ3) is 8.65. The molecule has 0 unspecified atom stereocenters. The van der Waals surface area contributed by atoms with Crippen LogP contribution < -0.4 is 0 Å². The van der Waals surface area contributed by atoms with E-state index in [0.29, 0.717) is 0 Å². The van der Waals surface area contributed by atoms with Crippen molar-refractivity contribution in [1.82, 2.24) is 0 Å². The molecule has 0 atom stereocenters. The maximum Gasteiger partial charge on any atom is 0.294 e. The van der Waals surface area contributed by atoms with Crippen LogP contribution in [0.5, 0.6) is 0 Å². The van der Waals surface area contributed by atoms with Gasteiger partial charge in [0.15, 0.2) is 8.32 Å². The maximum absolute atomic E-state index is 10.5. The topological polar surface area (TPSA) is 63.6 Å². The van der Waals surface area contributed by atoms with Crippen molar-refractivity contribution in [3.63, 3.8) is 0 Å². The van der Waals surface area contributed by atoms with Gasteiger partial charge in [-0.15, -0.1) is 0 Å². The van der Waals surface area contributed by atoms with Crippen LogP contribution in [0.2, 0.25) is 18.1 Å². The molecule has 0 spiro atoms. The van der Waals surface area contributed by atoms with Gasteiger partial charge in [-0.1, -0.05) is 51.8 Å². The molecule has 0 saturated heterocycles. The Morgan fingerprint density at radius 1 is 1.00 bits per heavy atom. The Morgan fingerprint density at radius 3 is 1.83 bits per heavy atom. The van der Waals surface area contributed by atoms with E-state index in [9.17, 15) is 8.42 Å². The van der Waals surface area contributed by atoms with Crippen LogP contribution in [-0.4, -0.2) is 27.9 Å². The minimum absolute atomic E-state index is 0.0666. The van der Waals surface area contributed by atoms with Crippen LogP contribution in [0.25, 0.3) is 0 Å². The fourth-order valence-electron chi connectivity index (χ4n) is 2.20. The summed E-state index contributed by atoms with van der Waals surface area (Å²) >= 11 is 0. The van der Waals surface area contributed by atoms with Crippen LogP contribution in [0.15, 0.2) is 29.2 Å². The first-order chi connectivity index (χ1) is 10.7. The highest BCUT2D eigenvalue weighted by molar-refractivity contribution is 7.85. The molecule has 4 nitrogen and oxygen atoms in total. The molecule has 0 aliphatic heterocycles. The molecule has 0 bridgehead atoms. The minimum Gasteiger partial charge on any atom is -0.417 e. The normalized spacial score (nSPS) is 11.7. The predicted molar refractivity (Wildman–Crippen MR) is 99.1 cm³/mol. The molecule has 1 aromatic rings. The second-order valence-electron chi connectivity index (χ2n) is 5.73. The van der Waals surface area contributed by atoms with Crippen molar-refractivity contribution in [3.05, 3.63) is 29.8 Å². The Hall–Kier alpha value is -0.693. The SMILES string of the molecule is CCCCO[Si](CC)(CC)CC.Cc1ccc(S(=O)(=O)O)cc1. The highest BCUT2D eigenvalue weighted by atomic mass is 32.2. The first-order valence-corrected chi connectivity index (χ1v) is 12.4. The molecule has 0 radical (unpaired) electrons. The van der Waals surface area contributed by atoms with E-state index in [4.69, 9.17) is 8.98 Å². The zero-order valence-electron chi connectivity index (χ0n) is 15.1. The molecule has 134 valence electrons. The van der Waals surface area contributed by atoms with Crippen LogP contribution in [0.4, 0.5) is 0 Å². The summed E-state index contributed by atoms with van der Waals surface area (Å²) in [6, 6.07) is 9.83. The standard InChI is InChI=1S/C10H24OSi.C7H8O3S/c1-5-9-10-11-12(6-2,7-3)8-4;1-6-2-4-7(5-3-6)11(8,9)10/h5-10H2,1-4H3;2-5H,1H3,(H,8,9,10). The summed E-state index contributed by atoms with van der Waals surface area (Å²) in [6.45, 7) is 11.9. The van der Waals surface area contributed by atoms with Gasteiger partial charge in [0.05, 0.1) is 4.90 Å². The number of unbranched alkanes of at least 4 members (excludes halogenated alkanes) is 1. The molecular weight excluding hydrogens is 328 g/mol. The van der Waals surface area contributed by atoms with Gasteiger partial charge < -0.3 is 4.43 Å². The second-order valence-corrected chi connectivity index (χ2v) is 11.9. The van der Waals surface area contributed by atoms with E-state index in [1.165, 1.54) is 43.1 Å². The fourth-order valence-corrected chi connectivity index (χ4v) is 5.37. The van der Waals surface area contributed by atoms with Crippen molar-refractivity contribution < 1.29 is 17.4 Å². The number of benzene rings is 1. The highest BCUT2D eigenvalue weighted by Crippen LogP contribution is 2.21. The second kappa shape index (κ2) is 11.0. The predicted octanol–water partition coefficient (Wildman–Crippen LogP) is 5.05. The third-order valence-corrected chi connectivity index (χ3v) is 9.71. The number of aryl methyl sites for hydroxylation is 1. The van der Waals surface area contributed by atoms with Gasteiger partial charge in [0.1, 0.15) is 0 Å². The smallest absolute Gasteiger partial charge is 0.294 e. The third-order valence-electron chi connectivity index (χ3n) is 4.16. The summed E-state index contributed by atoms with van der Waals surface area (Å²) < 4.78 is 35.6. The van der Waals surface area contributed by atoms with Crippen molar-refractivity contribution in [3.8, 4) is 0 Å². The largest absolute Gasteiger partial charge is 0.417 e. The Balaban J connectivity index is 0.000000422. The summed E-state index contributed by atoms with van der Waals surface area (Å²) in [5.41, 5.74) is 0.956. The molecule has 0 saturated carbocycles. The van der Waals surface area contributed by atoms with Crippen molar-refractivity contribution in [2.24, 2.45) is 0 Å². The lowest BCUT2D eigenvalue weighted by Gasteiger charge is -2.27. The Morgan fingerprint density at radius 2 is 1.48 bits per heavy atom. The highest BCUT2D eigenvalue weighted by Gasteiger charge is 2.27. The first-order valence-electron chi connectivity index (χ1n) is 8.42. The summed E-state index contributed by atoms with van der Waals surface area (Å²) in [7, 11) is -5.27. The van der Waals surface area contributed by atoms with Gasteiger partial charge in [0.2, 0.25) is 0 Å². The molecule has 1 aromatic carbocycles. The van der Waals surface area contributed by atoms with E-state index in [2.05, 4.69) is 27.7 Å². The van der Waals surface area contributed by atoms with Gasteiger partial charge in [-0.05, 0) is 43.6 Å². The lowest BCUT2D eigenvalue weighted by molar-refractivity contribution is 0.292. The van der Waals surface area contributed by atoms with Gasteiger partial charge in [0.25, 0.3) is 10.1 Å². The van der Waals surface area contributed by atoms with Gasteiger partial charge in [0, 0.05) is 6.61 Å². The summed E-state index contributed by atoms with van der Waals surface area (Å²) in [6.07, 6.45) is 2.48. The Kier molecular flexibility index (Phi) is 10.6. The number of hydrogen-bond donors (Lipinski definition) is 1. The molecule has 1 N–H and O–H groups in total. The number of rotatable bonds is 8. The van der Waals surface area contributed by atoms with Crippen molar-refractivity contribution >= 4 is 18.4 Å². The molecule has 0 amide bonds. The molecule has 0 heterocycles. The van der Waals surface area contributed by atoms with Crippen LogP contribution in [-0.2, 0) is 14.5 Å². The molecule has 0 aromatic heterocycles. The lowest BCUT2D eigenvalue weighted by atomic mass is 10.2. The van der Waals surface area contributed by atoms with Crippen molar-refractivity contribution in [2.45, 2.75) is 70.5 Å². The van der Waals surface area contributed by atoms with Crippen LogP contribution in [0, 0.1) is 6.92 Å². The molecule has 23 heavy (non-hydrogen) atoms. The Bertz CT molecular complexity index is 514. The van der Waals surface area contributed by atoms with Crippen LogP contribution >= 0.6 is 0 Å². The van der Waals surface area contributed by atoms with Gasteiger partial charge in [-0.25, -0.2) is 0 Å². The van der Waals surface area contributed by atoms with E-state index in [-0.39, 0.29) is 4.90 Å². The first kappa shape index (κ1) is 22.3. The monoisotopic (exact) mass is 360 g/mol. The quantitative estimate of drug-likeness (QED) is 0.400. The fraction of sp³-hybridized carbons (Fsp3) is 0.647. The molecule has 0 aliphatic rings. The zero-order chi connectivity index (χ0) is 17.9. The molecule has 0 aliphatic carbocycles.